The van der Waals surface area contributed by atoms with Crippen molar-refractivity contribution in [2.75, 3.05) is 26.5 Å². The second-order valence-corrected chi connectivity index (χ2v) is 9.37. The molecule has 1 atom stereocenters. The molecular weight excluding hydrogens is 502 g/mol. The molecule has 0 amide bonds. The van der Waals surface area contributed by atoms with Crippen LogP contribution in [0.15, 0.2) is 28.9 Å². The van der Waals surface area contributed by atoms with Crippen molar-refractivity contribution in [1.82, 2.24) is 24.8 Å². The van der Waals surface area contributed by atoms with Crippen LogP contribution < -0.4 is 25.7 Å². The number of aryl methyl sites for hydroxylation is 1. The molecule has 0 spiro atoms. The molecule has 4 aromatic rings. The van der Waals surface area contributed by atoms with Crippen LogP contribution in [0.1, 0.15) is 38.4 Å². The highest BCUT2D eigenvalue weighted by molar-refractivity contribution is 5.86. The topological polar surface area (TPSA) is 170 Å². The summed E-state index contributed by atoms with van der Waals surface area (Å²) in [7, 11) is 3.19. The third kappa shape index (κ3) is 6.22. The van der Waals surface area contributed by atoms with E-state index >= 15 is 0 Å². The number of aliphatic hydroxyl groups is 1. The zero-order valence-electron chi connectivity index (χ0n) is 22.7. The van der Waals surface area contributed by atoms with Crippen LogP contribution in [-0.2, 0) is 13.0 Å². The van der Waals surface area contributed by atoms with Gasteiger partial charge in [-0.3, -0.25) is 0 Å². The molecule has 0 aliphatic heterocycles. The molecule has 0 aliphatic carbocycles. The van der Waals surface area contributed by atoms with Crippen molar-refractivity contribution in [3.8, 4) is 40.7 Å². The van der Waals surface area contributed by atoms with E-state index in [9.17, 15) is 5.11 Å². The summed E-state index contributed by atoms with van der Waals surface area (Å²) in [5.41, 5.74) is 13.5. The van der Waals surface area contributed by atoms with Gasteiger partial charge in [0, 0.05) is 19.0 Å². The van der Waals surface area contributed by atoms with Gasteiger partial charge in [0.25, 0.3) is 0 Å². The zero-order valence-corrected chi connectivity index (χ0v) is 22.7. The van der Waals surface area contributed by atoms with Crippen LogP contribution in [0, 0.1) is 11.8 Å². The quantitative estimate of drug-likeness (QED) is 0.255. The number of benzene rings is 1. The lowest BCUT2D eigenvalue weighted by Crippen LogP contribution is -2.24. The largest absolute Gasteiger partial charge is 0.493 e. The maximum atomic E-state index is 10.2. The SMILES string of the molecule is CCn1c(-c2nonc2N)nc2c(C#CC(C)(C)O)nc(OC(CCN)Cc3ccc(OC)c(OC)c3)cc21. The lowest BCUT2D eigenvalue weighted by molar-refractivity contribution is 0.143. The number of ether oxygens (including phenoxy) is 3. The van der Waals surface area contributed by atoms with Crippen LogP contribution in [0.25, 0.3) is 22.6 Å². The first-order valence-electron chi connectivity index (χ1n) is 12.5. The number of fused-ring (bicyclic) bond motifs is 1. The van der Waals surface area contributed by atoms with Crippen LogP contribution in [0.3, 0.4) is 0 Å². The van der Waals surface area contributed by atoms with Crippen molar-refractivity contribution in [3.05, 3.63) is 35.5 Å². The maximum Gasteiger partial charge on any atom is 0.216 e. The molecule has 0 saturated heterocycles. The third-order valence-electron chi connectivity index (χ3n) is 5.93. The number of hydrogen-bond acceptors (Lipinski definition) is 11. The van der Waals surface area contributed by atoms with Crippen molar-refractivity contribution in [1.29, 1.82) is 0 Å². The van der Waals surface area contributed by atoms with Gasteiger partial charge in [0.2, 0.25) is 5.88 Å². The minimum atomic E-state index is -1.24. The Morgan fingerprint density at radius 1 is 1.13 bits per heavy atom. The number of pyridine rings is 1. The van der Waals surface area contributed by atoms with Crippen LogP contribution in [-0.4, -0.2) is 62.4 Å². The number of hydrogen-bond donors (Lipinski definition) is 3. The van der Waals surface area contributed by atoms with E-state index in [1.165, 1.54) is 0 Å². The van der Waals surface area contributed by atoms with Crippen molar-refractivity contribution in [2.24, 2.45) is 5.73 Å². The third-order valence-corrected chi connectivity index (χ3v) is 5.93. The summed E-state index contributed by atoms with van der Waals surface area (Å²) in [5.74, 6) is 7.97. The Balaban J connectivity index is 1.78. The standard InChI is InChI=1S/C27H33N7O5/c1-6-34-19-15-22(38-17(10-12-28)13-16-7-8-20(36-4)21(14-16)37-5)30-18(9-11-27(2,3)35)23(19)31-26(34)24-25(29)33-39-32-24/h7-8,14-15,17,35H,6,10,12-13,28H2,1-5H3,(H2,29,33). The highest BCUT2D eigenvalue weighted by Gasteiger charge is 2.23. The Morgan fingerprint density at radius 2 is 1.90 bits per heavy atom. The van der Waals surface area contributed by atoms with Gasteiger partial charge in [-0.25, -0.2) is 14.6 Å². The average molecular weight is 536 g/mol. The first kappa shape index (κ1) is 27.7. The van der Waals surface area contributed by atoms with Crippen LogP contribution in [0.5, 0.6) is 17.4 Å². The molecule has 0 fully saturated rings. The number of imidazole rings is 1. The van der Waals surface area contributed by atoms with Crippen LogP contribution in [0.2, 0.25) is 0 Å². The molecule has 4 rings (SSSR count). The minimum absolute atomic E-state index is 0.117. The summed E-state index contributed by atoms with van der Waals surface area (Å²) >= 11 is 0. The average Bonchev–Trinajstić information content (AvgIpc) is 3.49. The smallest absolute Gasteiger partial charge is 0.216 e. The monoisotopic (exact) mass is 535 g/mol. The first-order chi connectivity index (χ1) is 18.7. The number of methoxy groups -OCH3 is 2. The van der Waals surface area contributed by atoms with Crippen molar-refractivity contribution >= 4 is 16.9 Å². The summed E-state index contributed by atoms with van der Waals surface area (Å²) in [6, 6.07) is 7.53. The summed E-state index contributed by atoms with van der Waals surface area (Å²) in [6.45, 7) is 6.11. The molecule has 1 unspecified atom stereocenters. The number of nitrogen functional groups attached to an aromatic ring is 1. The molecule has 1 aromatic carbocycles. The fourth-order valence-corrected chi connectivity index (χ4v) is 4.14. The van der Waals surface area contributed by atoms with Crippen LogP contribution >= 0.6 is 0 Å². The molecule has 3 aromatic heterocycles. The van der Waals surface area contributed by atoms with E-state index in [1.54, 1.807) is 34.1 Å². The molecule has 3 heterocycles. The predicted octanol–water partition coefficient (Wildman–Crippen LogP) is 2.56. The number of aromatic nitrogens is 5. The van der Waals surface area contributed by atoms with Crippen LogP contribution in [0.4, 0.5) is 5.82 Å². The van der Waals surface area contributed by atoms with Gasteiger partial charge in [0.1, 0.15) is 22.9 Å². The number of anilines is 1. The van der Waals surface area contributed by atoms with Gasteiger partial charge >= 0.3 is 0 Å². The lowest BCUT2D eigenvalue weighted by atomic mass is 10.0. The van der Waals surface area contributed by atoms with Crippen molar-refractivity contribution in [2.45, 2.75) is 51.9 Å². The Morgan fingerprint density at radius 3 is 2.51 bits per heavy atom. The highest BCUT2D eigenvalue weighted by atomic mass is 16.6. The molecule has 39 heavy (non-hydrogen) atoms. The van der Waals surface area contributed by atoms with Gasteiger partial charge in [-0.1, -0.05) is 12.0 Å². The van der Waals surface area contributed by atoms with E-state index in [-0.39, 0.29) is 11.9 Å². The maximum absolute atomic E-state index is 10.2. The fourth-order valence-electron chi connectivity index (χ4n) is 4.14. The molecular formula is C27H33N7O5. The first-order valence-corrected chi connectivity index (χ1v) is 12.5. The summed E-state index contributed by atoms with van der Waals surface area (Å²) in [6.07, 6.45) is 0.848. The van der Waals surface area contributed by atoms with Gasteiger partial charge in [-0.2, -0.15) is 0 Å². The molecule has 12 heteroatoms. The zero-order chi connectivity index (χ0) is 28.2. The Bertz CT molecular complexity index is 1510. The molecule has 0 aliphatic rings. The van der Waals surface area contributed by atoms with Crippen molar-refractivity contribution in [3.63, 3.8) is 0 Å². The van der Waals surface area contributed by atoms with E-state index in [4.69, 9.17) is 35.3 Å². The molecule has 12 nitrogen and oxygen atoms in total. The normalized spacial score (nSPS) is 12.2. The highest BCUT2D eigenvalue weighted by Crippen LogP contribution is 2.31. The fraction of sp³-hybridized carbons (Fsp3) is 0.407. The van der Waals surface area contributed by atoms with Gasteiger partial charge in [0.05, 0.1) is 19.7 Å². The number of nitrogens with zero attached hydrogens (tertiary/aromatic N) is 5. The predicted molar refractivity (Wildman–Crippen MR) is 145 cm³/mol. The second kappa shape index (κ2) is 11.6. The molecule has 0 radical (unpaired) electrons. The molecule has 206 valence electrons. The minimum Gasteiger partial charge on any atom is -0.493 e. The molecule has 5 N–H and O–H groups in total. The van der Waals surface area contributed by atoms with Gasteiger partial charge in [-0.15, -0.1) is 0 Å². The Kier molecular flexibility index (Phi) is 8.23. The van der Waals surface area contributed by atoms with Crippen molar-refractivity contribution < 1.29 is 23.9 Å². The Labute approximate surface area is 226 Å². The Hall–Kier alpha value is -4.34. The second-order valence-electron chi connectivity index (χ2n) is 9.37. The van der Waals surface area contributed by atoms with E-state index in [1.807, 2.05) is 29.7 Å². The van der Waals surface area contributed by atoms with Gasteiger partial charge in [-0.05, 0) is 67.7 Å². The van der Waals surface area contributed by atoms with E-state index in [2.05, 4.69) is 27.1 Å². The van der Waals surface area contributed by atoms with E-state index < -0.39 is 5.60 Å². The van der Waals surface area contributed by atoms with E-state index in [0.29, 0.717) is 71.6 Å². The molecule has 0 saturated carbocycles. The summed E-state index contributed by atoms with van der Waals surface area (Å²) < 4.78 is 23.9. The van der Waals surface area contributed by atoms with E-state index in [0.717, 1.165) is 5.56 Å². The summed E-state index contributed by atoms with van der Waals surface area (Å²) in [4.78, 5) is 9.38. The molecule has 0 bridgehead atoms. The summed E-state index contributed by atoms with van der Waals surface area (Å²) in [5, 5.41) is 17.8. The number of rotatable bonds is 10. The lowest BCUT2D eigenvalue weighted by Gasteiger charge is -2.19. The van der Waals surface area contributed by atoms with Gasteiger partial charge in [0.15, 0.2) is 28.8 Å². The number of nitrogens with two attached hydrogens (primary N) is 2. The van der Waals surface area contributed by atoms with Gasteiger partial charge < -0.3 is 35.4 Å².